The van der Waals surface area contributed by atoms with E-state index >= 15 is 0 Å². The van der Waals surface area contributed by atoms with Crippen molar-refractivity contribution < 1.29 is 4.79 Å². The van der Waals surface area contributed by atoms with Crippen LogP contribution in [0.3, 0.4) is 0 Å². The number of carbonyl (C=O) groups excluding carboxylic acids is 1. The molecule has 0 saturated carbocycles. The average molecular weight is 510 g/mol. The molecule has 0 bridgehead atoms. The smallest absolute Gasteiger partial charge is 0.227 e. The highest BCUT2D eigenvalue weighted by molar-refractivity contribution is 14.0. The van der Waals surface area contributed by atoms with E-state index in [2.05, 4.69) is 28.3 Å². The van der Waals surface area contributed by atoms with E-state index in [-0.39, 0.29) is 29.9 Å². The number of anilines is 1. The maximum Gasteiger partial charge on any atom is 0.227 e. The minimum absolute atomic E-state index is 0. The van der Waals surface area contributed by atoms with Crippen LogP contribution in [0.4, 0.5) is 5.69 Å². The van der Waals surface area contributed by atoms with Crippen molar-refractivity contribution in [3.05, 3.63) is 47.8 Å². The topological polar surface area (TPSA) is 65.8 Å². The molecule has 1 aromatic carbocycles. The van der Waals surface area contributed by atoms with Crippen LogP contribution in [0.2, 0.25) is 0 Å². The van der Waals surface area contributed by atoms with Gasteiger partial charge >= 0.3 is 0 Å². The van der Waals surface area contributed by atoms with E-state index in [9.17, 15) is 4.79 Å². The summed E-state index contributed by atoms with van der Waals surface area (Å²) in [5.74, 6) is 1.04. The summed E-state index contributed by atoms with van der Waals surface area (Å²) < 4.78 is 1.80. The van der Waals surface area contributed by atoms with Gasteiger partial charge in [0.25, 0.3) is 0 Å². The van der Waals surface area contributed by atoms with Crippen LogP contribution in [0.1, 0.15) is 30.9 Å². The molecule has 1 N–H and O–H groups in total. The van der Waals surface area contributed by atoms with Crippen LogP contribution in [0.25, 0.3) is 0 Å². The molecule has 2 aromatic rings. The monoisotopic (exact) mass is 510 g/mol. The van der Waals surface area contributed by atoms with Crippen LogP contribution in [-0.2, 0) is 24.8 Å². The number of nitrogens with zero attached hydrogens (tertiary/aromatic N) is 5. The largest absolute Gasteiger partial charge is 0.357 e. The summed E-state index contributed by atoms with van der Waals surface area (Å²) in [6.07, 6.45) is 6.08. The highest BCUT2D eigenvalue weighted by atomic mass is 127. The molecule has 2 heterocycles. The van der Waals surface area contributed by atoms with E-state index in [1.807, 2.05) is 49.6 Å². The first-order valence-electron chi connectivity index (χ1n) is 9.93. The molecule has 0 unspecified atom stereocenters. The van der Waals surface area contributed by atoms with E-state index < -0.39 is 0 Å². The normalized spacial score (nSPS) is 13.1. The molecular formula is C21H31IN6O. The molecule has 0 spiro atoms. The van der Waals surface area contributed by atoms with Gasteiger partial charge in [-0.3, -0.25) is 14.5 Å². The van der Waals surface area contributed by atoms with Gasteiger partial charge in [-0.2, -0.15) is 5.10 Å². The molecule has 0 saturated heterocycles. The number of para-hydroxylation sites is 1. The van der Waals surface area contributed by atoms with Gasteiger partial charge in [0.1, 0.15) is 0 Å². The molecule has 1 aliphatic heterocycles. The Balaban J connectivity index is 0.00000300. The number of hydrogen-bond acceptors (Lipinski definition) is 3. The summed E-state index contributed by atoms with van der Waals surface area (Å²) in [5.41, 5.74) is 3.47. The number of aliphatic imine (C=N–C) groups is 1. The van der Waals surface area contributed by atoms with Gasteiger partial charge < -0.3 is 15.1 Å². The van der Waals surface area contributed by atoms with E-state index in [0.29, 0.717) is 13.0 Å². The van der Waals surface area contributed by atoms with E-state index in [1.54, 1.807) is 4.68 Å². The standard InChI is InChI=1S/C21H30N6O.HI/c1-4-22-21(25(2)15-17-14-24-26(3)16-17)23-12-7-10-20(28)27-13-11-18-8-5-6-9-19(18)27;/h5-6,8-9,14,16H,4,7,10-13,15H2,1-3H3,(H,22,23);1H. The van der Waals surface area contributed by atoms with Crippen LogP contribution in [-0.4, -0.2) is 53.2 Å². The number of hydrogen-bond donors (Lipinski definition) is 1. The van der Waals surface area contributed by atoms with Gasteiger partial charge in [0.15, 0.2) is 5.96 Å². The van der Waals surface area contributed by atoms with Crippen LogP contribution < -0.4 is 10.2 Å². The molecule has 1 amide bonds. The van der Waals surface area contributed by atoms with Crippen molar-refractivity contribution in [3.63, 3.8) is 0 Å². The fraction of sp³-hybridized carbons (Fsp3) is 0.476. The van der Waals surface area contributed by atoms with Crippen molar-refractivity contribution in [2.45, 2.75) is 32.7 Å². The summed E-state index contributed by atoms with van der Waals surface area (Å²) in [5, 5.41) is 7.53. The number of rotatable bonds is 7. The van der Waals surface area contributed by atoms with Crippen LogP contribution in [0.5, 0.6) is 0 Å². The quantitative estimate of drug-likeness (QED) is 0.269. The highest BCUT2D eigenvalue weighted by Crippen LogP contribution is 2.28. The van der Waals surface area contributed by atoms with E-state index in [0.717, 1.165) is 49.7 Å². The number of guanidine groups is 1. The van der Waals surface area contributed by atoms with Crippen LogP contribution in [0, 0.1) is 0 Å². The van der Waals surface area contributed by atoms with Crippen molar-refractivity contribution in [1.29, 1.82) is 0 Å². The van der Waals surface area contributed by atoms with Crippen molar-refractivity contribution in [1.82, 2.24) is 20.0 Å². The Hall–Kier alpha value is -2.10. The number of nitrogens with one attached hydrogen (secondary N) is 1. The molecule has 0 fully saturated rings. The Morgan fingerprint density at radius 2 is 2.14 bits per heavy atom. The summed E-state index contributed by atoms with van der Waals surface area (Å²) in [6.45, 7) is 5.02. The molecule has 8 heteroatoms. The van der Waals surface area contributed by atoms with Crippen molar-refractivity contribution >= 4 is 41.5 Å². The lowest BCUT2D eigenvalue weighted by Gasteiger charge is -2.21. The maximum atomic E-state index is 12.6. The zero-order valence-corrected chi connectivity index (χ0v) is 19.8. The molecule has 158 valence electrons. The van der Waals surface area contributed by atoms with Gasteiger partial charge in [0.05, 0.1) is 6.20 Å². The first-order valence-corrected chi connectivity index (χ1v) is 9.93. The molecule has 7 nitrogen and oxygen atoms in total. The van der Waals surface area contributed by atoms with Crippen molar-refractivity contribution in [2.75, 3.05) is 31.6 Å². The molecule has 0 radical (unpaired) electrons. The Morgan fingerprint density at radius 1 is 1.34 bits per heavy atom. The zero-order chi connectivity index (χ0) is 19.9. The van der Waals surface area contributed by atoms with Gasteiger partial charge in [0, 0.05) is 64.1 Å². The lowest BCUT2D eigenvalue weighted by atomic mass is 10.2. The Kier molecular flexibility index (Phi) is 8.94. The second-order valence-electron chi connectivity index (χ2n) is 7.14. The van der Waals surface area contributed by atoms with E-state index in [1.165, 1.54) is 5.56 Å². The lowest BCUT2D eigenvalue weighted by Crippen LogP contribution is -2.38. The minimum Gasteiger partial charge on any atom is -0.357 e. The Labute approximate surface area is 190 Å². The summed E-state index contributed by atoms with van der Waals surface area (Å²) in [7, 11) is 3.93. The van der Waals surface area contributed by atoms with Gasteiger partial charge in [-0.05, 0) is 31.4 Å². The summed E-state index contributed by atoms with van der Waals surface area (Å²) in [6, 6.07) is 8.17. The fourth-order valence-corrected chi connectivity index (χ4v) is 3.52. The predicted octanol–water partition coefficient (Wildman–Crippen LogP) is 2.80. The van der Waals surface area contributed by atoms with Gasteiger partial charge in [-0.25, -0.2) is 0 Å². The van der Waals surface area contributed by atoms with Crippen molar-refractivity contribution in [3.8, 4) is 0 Å². The third-order valence-electron chi connectivity index (χ3n) is 4.87. The van der Waals surface area contributed by atoms with Gasteiger partial charge in [0.2, 0.25) is 5.91 Å². The lowest BCUT2D eigenvalue weighted by molar-refractivity contribution is -0.118. The third-order valence-corrected chi connectivity index (χ3v) is 4.87. The molecule has 29 heavy (non-hydrogen) atoms. The molecule has 0 aliphatic carbocycles. The Bertz CT molecular complexity index is 834. The average Bonchev–Trinajstić information content (AvgIpc) is 3.30. The third kappa shape index (κ3) is 6.19. The predicted molar refractivity (Wildman–Crippen MR) is 128 cm³/mol. The number of fused-ring (bicyclic) bond motifs is 1. The van der Waals surface area contributed by atoms with E-state index in [4.69, 9.17) is 4.99 Å². The van der Waals surface area contributed by atoms with Crippen LogP contribution >= 0.6 is 24.0 Å². The highest BCUT2D eigenvalue weighted by Gasteiger charge is 2.23. The number of carbonyl (C=O) groups is 1. The number of benzene rings is 1. The summed E-state index contributed by atoms with van der Waals surface area (Å²) >= 11 is 0. The fourth-order valence-electron chi connectivity index (χ4n) is 3.52. The first-order chi connectivity index (χ1) is 13.6. The first kappa shape index (κ1) is 23.2. The molecular weight excluding hydrogens is 479 g/mol. The summed E-state index contributed by atoms with van der Waals surface area (Å²) in [4.78, 5) is 21.3. The molecule has 1 aromatic heterocycles. The van der Waals surface area contributed by atoms with Crippen LogP contribution in [0.15, 0.2) is 41.7 Å². The molecule has 0 atom stereocenters. The number of aromatic nitrogens is 2. The minimum atomic E-state index is 0. The van der Waals surface area contributed by atoms with Gasteiger partial charge in [-0.15, -0.1) is 24.0 Å². The second kappa shape index (κ2) is 11.2. The maximum absolute atomic E-state index is 12.6. The SMILES string of the molecule is CCNC(=NCCCC(=O)N1CCc2ccccc21)N(C)Cc1cnn(C)c1.I. The van der Waals surface area contributed by atoms with Crippen molar-refractivity contribution in [2.24, 2.45) is 12.0 Å². The van der Waals surface area contributed by atoms with Gasteiger partial charge in [-0.1, -0.05) is 18.2 Å². The second-order valence-corrected chi connectivity index (χ2v) is 7.14. The Morgan fingerprint density at radius 3 is 2.86 bits per heavy atom. The number of aryl methyl sites for hydroxylation is 1. The number of halogens is 1. The molecule has 3 rings (SSSR count). The molecule has 1 aliphatic rings. The number of amides is 1. The zero-order valence-electron chi connectivity index (χ0n) is 17.5.